The normalized spacial score (nSPS) is 12.4. The van der Waals surface area contributed by atoms with E-state index in [2.05, 4.69) is 5.32 Å². The van der Waals surface area contributed by atoms with Crippen molar-refractivity contribution in [3.63, 3.8) is 0 Å². The molecule has 4 rings (SSSR count). The Morgan fingerprint density at radius 1 is 0.968 bits per heavy atom. The third-order valence-electron chi connectivity index (χ3n) is 5.24. The summed E-state index contributed by atoms with van der Waals surface area (Å²) in [4.78, 5) is 51.4. The fourth-order valence-corrected chi connectivity index (χ4v) is 3.91. The van der Waals surface area contributed by atoms with Crippen LogP contribution < -0.4 is 5.32 Å². The Morgan fingerprint density at radius 2 is 1.65 bits per heavy atom. The summed E-state index contributed by atoms with van der Waals surface area (Å²) < 4.78 is 5.43. The molecular formula is C24H18ClNO5. The number of rotatable bonds is 5. The summed E-state index contributed by atoms with van der Waals surface area (Å²) >= 11 is 5.67. The van der Waals surface area contributed by atoms with Gasteiger partial charge in [0, 0.05) is 23.1 Å². The van der Waals surface area contributed by atoms with Gasteiger partial charge in [-0.25, -0.2) is 0 Å². The second-order valence-corrected chi connectivity index (χ2v) is 7.62. The molecule has 0 bridgehead atoms. The van der Waals surface area contributed by atoms with Crippen LogP contribution in [0.2, 0.25) is 0 Å². The van der Waals surface area contributed by atoms with E-state index in [1.54, 1.807) is 50.2 Å². The fourth-order valence-electron chi connectivity index (χ4n) is 3.82. The summed E-state index contributed by atoms with van der Waals surface area (Å²) in [5.41, 5.74) is 1.69. The molecule has 0 aliphatic heterocycles. The molecule has 0 saturated carbocycles. The lowest BCUT2D eigenvalue weighted by Gasteiger charge is -2.22. The summed E-state index contributed by atoms with van der Waals surface area (Å²) in [5.74, 6) is -0.697. The quantitative estimate of drug-likeness (QED) is 0.472. The van der Waals surface area contributed by atoms with Gasteiger partial charge >= 0.3 is 0 Å². The molecule has 156 valence electrons. The Hall–Kier alpha value is -3.51. The molecule has 1 N–H and O–H groups in total. The molecule has 7 heteroatoms. The molecule has 1 heterocycles. The highest BCUT2D eigenvalue weighted by Gasteiger charge is 2.33. The van der Waals surface area contributed by atoms with E-state index >= 15 is 0 Å². The van der Waals surface area contributed by atoms with Crippen molar-refractivity contribution in [3.8, 4) is 0 Å². The largest absolute Gasteiger partial charge is 0.466 e. The molecule has 3 aromatic rings. The number of Topliss-reactive ketones (excluding diaryl/α,β-unsaturated/α-hetero) is 1. The Kier molecular flexibility index (Phi) is 5.33. The van der Waals surface area contributed by atoms with Crippen molar-refractivity contribution in [3.05, 3.63) is 87.4 Å². The zero-order chi connectivity index (χ0) is 22.3. The van der Waals surface area contributed by atoms with Crippen molar-refractivity contribution in [2.45, 2.75) is 20.3 Å². The standard InChI is InChI=1S/C24H18ClNO5/c1-12-9-19(13(2)31-12)24(30)26-21-14(10-15(27)11-25)7-8-18-20(21)23(29)17-6-4-3-5-16(17)22(18)28/h3-9H,10-11H2,1-2H3,(H,26,30). The molecule has 2 aromatic carbocycles. The minimum Gasteiger partial charge on any atom is -0.466 e. The van der Waals surface area contributed by atoms with Crippen molar-refractivity contribution >= 4 is 40.5 Å². The summed E-state index contributed by atoms with van der Waals surface area (Å²) in [7, 11) is 0. The number of benzene rings is 2. The van der Waals surface area contributed by atoms with E-state index in [4.69, 9.17) is 16.0 Å². The number of furan rings is 1. The zero-order valence-corrected chi connectivity index (χ0v) is 17.6. The molecule has 0 saturated heterocycles. The van der Waals surface area contributed by atoms with Gasteiger partial charge in [-0.1, -0.05) is 30.3 Å². The van der Waals surface area contributed by atoms with Crippen LogP contribution in [0.3, 0.4) is 0 Å². The van der Waals surface area contributed by atoms with Crippen LogP contribution in [0.4, 0.5) is 5.69 Å². The molecule has 1 aliphatic carbocycles. The first-order valence-electron chi connectivity index (χ1n) is 9.62. The lowest BCUT2D eigenvalue weighted by atomic mass is 9.81. The molecule has 6 nitrogen and oxygen atoms in total. The number of aryl methyl sites for hydroxylation is 2. The lowest BCUT2D eigenvalue weighted by Crippen LogP contribution is -2.25. The van der Waals surface area contributed by atoms with Crippen LogP contribution in [-0.2, 0) is 11.2 Å². The number of ketones is 3. The highest BCUT2D eigenvalue weighted by Crippen LogP contribution is 2.35. The van der Waals surface area contributed by atoms with Crippen LogP contribution in [0.5, 0.6) is 0 Å². The maximum atomic E-state index is 13.3. The molecule has 1 aromatic heterocycles. The molecule has 1 amide bonds. The van der Waals surface area contributed by atoms with E-state index in [-0.39, 0.29) is 52.0 Å². The monoisotopic (exact) mass is 435 g/mol. The Bertz CT molecular complexity index is 1270. The van der Waals surface area contributed by atoms with Gasteiger partial charge in [-0.05, 0) is 31.5 Å². The molecule has 0 radical (unpaired) electrons. The molecule has 0 unspecified atom stereocenters. The topological polar surface area (TPSA) is 93.5 Å². The van der Waals surface area contributed by atoms with Gasteiger partial charge in [0.2, 0.25) is 0 Å². The first kappa shape index (κ1) is 20.8. The van der Waals surface area contributed by atoms with E-state index in [1.807, 2.05) is 0 Å². The minimum absolute atomic E-state index is 0.0785. The minimum atomic E-state index is -0.499. The number of fused-ring (bicyclic) bond motifs is 2. The number of amides is 1. The zero-order valence-electron chi connectivity index (χ0n) is 16.9. The number of alkyl halides is 1. The van der Waals surface area contributed by atoms with E-state index in [9.17, 15) is 19.2 Å². The van der Waals surface area contributed by atoms with Gasteiger partial charge in [0.25, 0.3) is 5.91 Å². The third-order valence-corrected chi connectivity index (χ3v) is 5.54. The summed E-state index contributed by atoms with van der Waals surface area (Å²) in [6.45, 7) is 3.38. The first-order valence-corrected chi connectivity index (χ1v) is 10.2. The number of hydrogen-bond acceptors (Lipinski definition) is 5. The van der Waals surface area contributed by atoms with Gasteiger partial charge in [0.15, 0.2) is 17.3 Å². The van der Waals surface area contributed by atoms with E-state index in [0.29, 0.717) is 28.2 Å². The highest BCUT2D eigenvalue weighted by molar-refractivity contribution is 6.31. The molecule has 31 heavy (non-hydrogen) atoms. The highest BCUT2D eigenvalue weighted by atomic mass is 35.5. The van der Waals surface area contributed by atoms with Crippen LogP contribution in [0, 0.1) is 13.8 Å². The van der Waals surface area contributed by atoms with Gasteiger partial charge in [0.05, 0.1) is 22.7 Å². The second kappa shape index (κ2) is 7.96. The van der Waals surface area contributed by atoms with Gasteiger partial charge in [0.1, 0.15) is 11.5 Å². The maximum Gasteiger partial charge on any atom is 0.259 e. The van der Waals surface area contributed by atoms with Crippen molar-refractivity contribution in [2.24, 2.45) is 0 Å². The molecule has 0 atom stereocenters. The molecular weight excluding hydrogens is 418 g/mol. The Labute approximate surface area is 183 Å². The maximum absolute atomic E-state index is 13.3. The summed E-state index contributed by atoms with van der Waals surface area (Å²) in [6.07, 6.45) is -0.0844. The second-order valence-electron chi connectivity index (χ2n) is 7.36. The van der Waals surface area contributed by atoms with E-state index in [1.165, 1.54) is 6.07 Å². The number of nitrogens with one attached hydrogen (secondary N) is 1. The van der Waals surface area contributed by atoms with E-state index in [0.717, 1.165) is 0 Å². The fraction of sp³-hybridized carbons (Fsp3) is 0.167. The van der Waals surface area contributed by atoms with Crippen molar-refractivity contribution < 1.29 is 23.6 Å². The van der Waals surface area contributed by atoms with Gasteiger partial charge < -0.3 is 9.73 Å². The smallest absolute Gasteiger partial charge is 0.259 e. The van der Waals surface area contributed by atoms with Crippen LogP contribution >= 0.6 is 11.6 Å². The number of carbonyl (C=O) groups is 4. The van der Waals surface area contributed by atoms with Gasteiger partial charge in [-0.3, -0.25) is 19.2 Å². The first-order chi connectivity index (χ1) is 14.8. The van der Waals surface area contributed by atoms with Crippen molar-refractivity contribution in [2.75, 3.05) is 11.2 Å². The van der Waals surface area contributed by atoms with Crippen LogP contribution in [0.15, 0.2) is 46.9 Å². The van der Waals surface area contributed by atoms with E-state index < -0.39 is 5.91 Å². The SMILES string of the molecule is Cc1cc(C(=O)Nc2c(CC(=O)CCl)ccc3c2C(=O)c2ccccc2C3=O)c(C)o1. The molecule has 0 spiro atoms. The van der Waals surface area contributed by atoms with Gasteiger partial charge in [-0.2, -0.15) is 0 Å². The Balaban J connectivity index is 1.88. The Morgan fingerprint density at radius 3 is 2.26 bits per heavy atom. The van der Waals surface area contributed by atoms with Gasteiger partial charge in [-0.15, -0.1) is 11.6 Å². The molecule has 1 aliphatic rings. The number of halogens is 1. The van der Waals surface area contributed by atoms with Crippen molar-refractivity contribution in [1.29, 1.82) is 0 Å². The number of hydrogen-bond donors (Lipinski definition) is 1. The number of carbonyl (C=O) groups excluding carboxylic acids is 4. The summed E-state index contributed by atoms with van der Waals surface area (Å²) in [6, 6.07) is 11.2. The lowest BCUT2D eigenvalue weighted by molar-refractivity contribution is -0.116. The molecule has 0 fully saturated rings. The third kappa shape index (κ3) is 3.59. The number of anilines is 1. The average molecular weight is 436 g/mol. The van der Waals surface area contributed by atoms with Crippen LogP contribution in [0.25, 0.3) is 0 Å². The summed E-state index contributed by atoms with van der Waals surface area (Å²) in [5, 5.41) is 2.75. The van der Waals surface area contributed by atoms with Crippen LogP contribution in [-0.4, -0.2) is 29.1 Å². The van der Waals surface area contributed by atoms with Crippen LogP contribution in [0.1, 0.15) is 59.3 Å². The van der Waals surface area contributed by atoms with Crippen molar-refractivity contribution in [1.82, 2.24) is 0 Å². The average Bonchev–Trinajstić information content (AvgIpc) is 3.10. The predicted octanol–water partition coefficient (Wildman–Crippen LogP) is 4.27. The predicted molar refractivity (Wildman–Crippen MR) is 115 cm³/mol.